The molecule has 1 aromatic rings. The minimum Gasteiger partial charge on any atom is -0.444 e. The Morgan fingerprint density at radius 2 is 2.00 bits per heavy atom. The van der Waals surface area contributed by atoms with Gasteiger partial charge in [-0.3, -0.25) is 0 Å². The van der Waals surface area contributed by atoms with E-state index in [0.29, 0.717) is 13.2 Å². The molecule has 0 spiro atoms. The predicted octanol–water partition coefficient (Wildman–Crippen LogP) is 2.20. The van der Waals surface area contributed by atoms with Crippen LogP contribution in [0.25, 0.3) is 0 Å². The molecule has 0 aliphatic rings. The number of nitrogens with one attached hydrogen (secondary N) is 1. The molecule has 0 fully saturated rings. The molecule has 16 heavy (non-hydrogen) atoms. The van der Waals surface area contributed by atoms with Crippen LogP contribution in [0, 0.1) is 13.8 Å². The second kappa shape index (κ2) is 5.46. The Bertz CT molecular complexity index is 307. The summed E-state index contributed by atoms with van der Waals surface area (Å²) in [6, 6.07) is 0. The van der Waals surface area contributed by atoms with Crippen molar-refractivity contribution in [1.29, 1.82) is 0 Å². The third-order valence-electron chi connectivity index (χ3n) is 2.16. The van der Waals surface area contributed by atoms with Crippen LogP contribution >= 0.6 is 0 Å². The van der Waals surface area contributed by atoms with Crippen molar-refractivity contribution in [3.63, 3.8) is 0 Å². The molecule has 0 amide bonds. The Morgan fingerprint density at radius 1 is 1.31 bits per heavy atom. The number of rotatable bonds is 5. The van der Waals surface area contributed by atoms with Crippen LogP contribution in [0.4, 0.5) is 0 Å². The van der Waals surface area contributed by atoms with E-state index in [9.17, 15) is 0 Å². The molecule has 1 heterocycles. The molecule has 4 nitrogen and oxygen atoms in total. The Labute approximate surface area is 97.4 Å². The lowest BCUT2D eigenvalue weighted by molar-refractivity contribution is -0.00101. The molecular weight excluding hydrogens is 204 g/mol. The maximum Gasteiger partial charge on any atom is 0.208 e. The first kappa shape index (κ1) is 13.2. The minimum atomic E-state index is -0.0716. The van der Waals surface area contributed by atoms with Crippen molar-refractivity contribution in [3.8, 4) is 0 Å². The highest BCUT2D eigenvalue weighted by Crippen LogP contribution is 2.08. The molecule has 0 bridgehead atoms. The largest absolute Gasteiger partial charge is 0.444 e. The molecule has 1 aromatic heterocycles. The van der Waals surface area contributed by atoms with Crippen LogP contribution < -0.4 is 5.32 Å². The first-order valence-electron chi connectivity index (χ1n) is 5.66. The molecule has 92 valence electrons. The first-order valence-corrected chi connectivity index (χ1v) is 5.66. The van der Waals surface area contributed by atoms with Gasteiger partial charge in [0.1, 0.15) is 5.76 Å². The molecule has 0 unspecified atom stereocenters. The lowest BCUT2D eigenvalue weighted by atomic mass is 10.2. The average molecular weight is 226 g/mol. The molecule has 1 rings (SSSR count). The number of hydrogen-bond acceptors (Lipinski definition) is 4. The summed E-state index contributed by atoms with van der Waals surface area (Å²) in [5.74, 6) is 1.63. The third-order valence-corrected chi connectivity index (χ3v) is 2.16. The Hall–Kier alpha value is -0.870. The first-order chi connectivity index (χ1) is 7.38. The van der Waals surface area contributed by atoms with E-state index in [2.05, 4.69) is 10.3 Å². The third kappa shape index (κ3) is 4.77. The van der Waals surface area contributed by atoms with E-state index in [1.807, 2.05) is 34.6 Å². The summed E-state index contributed by atoms with van der Waals surface area (Å²) in [6.45, 7) is 12.2. The van der Waals surface area contributed by atoms with Gasteiger partial charge in [-0.2, -0.15) is 0 Å². The van der Waals surface area contributed by atoms with Crippen molar-refractivity contribution in [1.82, 2.24) is 10.3 Å². The number of aromatic nitrogens is 1. The van der Waals surface area contributed by atoms with E-state index >= 15 is 0 Å². The molecule has 1 N–H and O–H groups in total. The van der Waals surface area contributed by atoms with Crippen LogP contribution in [0.2, 0.25) is 0 Å². The second-order valence-electron chi connectivity index (χ2n) is 4.89. The molecule has 0 aliphatic heterocycles. The van der Waals surface area contributed by atoms with E-state index in [0.717, 1.165) is 23.9 Å². The Morgan fingerprint density at radius 3 is 2.50 bits per heavy atom. The zero-order chi connectivity index (χ0) is 12.2. The highest BCUT2D eigenvalue weighted by atomic mass is 16.5. The number of nitrogens with zero attached hydrogens (tertiary/aromatic N) is 1. The van der Waals surface area contributed by atoms with Crippen molar-refractivity contribution >= 4 is 0 Å². The summed E-state index contributed by atoms with van der Waals surface area (Å²) in [7, 11) is 0. The summed E-state index contributed by atoms with van der Waals surface area (Å²) in [5.41, 5.74) is 0.889. The molecule has 0 atom stereocenters. The summed E-state index contributed by atoms with van der Waals surface area (Å²) in [4.78, 5) is 4.29. The summed E-state index contributed by atoms with van der Waals surface area (Å²) in [6.07, 6.45) is 0. The van der Waals surface area contributed by atoms with Crippen molar-refractivity contribution in [3.05, 3.63) is 17.3 Å². The maximum absolute atomic E-state index is 5.58. The van der Waals surface area contributed by atoms with Gasteiger partial charge < -0.3 is 14.5 Å². The lowest BCUT2D eigenvalue weighted by Crippen LogP contribution is -2.26. The van der Waals surface area contributed by atoms with Crippen molar-refractivity contribution in [2.24, 2.45) is 0 Å². The van der Waals surface area contributed by atoms with Gasteiger partial charge in [0.05, 0.1) is 24.4 Å². The van der Waals surface area contributed by atoms with Gasteiger partial charge in [0.15, 0.2) is 0 Å². The van der Waals surface area contributed by atoms with E-state index in [-0.39, 0.29) is 5.60 Å². The van der Waals surface area contributed by atoms with Crippen LogP contribution in [0.1, 0.15) is 38.1 Å². The van der Waals surface area contributed by atoms with Gasteiger partial charge in [0.25, 0.3) is 0 Å². The standard InChI is InChI=1S/C12H22N2O2/c1-9-10(2)16-11(14-9)8-13-6-7-15-12(3,4)5/h13H,6-8H2,1-5H3. The molecule has 0 aliphatic carbocycles. The monoisotopic (exact) mass is 226 g/mol. The van der Waals surface area contributed by atoms with Crippen LogP contribution in [0.3, 0.4) is 0 Å². The molecule has 0 saturated heterocycles. The van der Waals surface area contributed by atoms with Gasteiger partial charge in [-0.1, -0.05) is 0 Å². The predicted molar refractivity (Wildman–Crippen MR) is 63.4 cm³/mol. The summed E-state index contributed by atoms with van der Waals surface area (Å²) < 4.78 is 11.0. The SMILES string of the molecule is Cc1nc(CNCCOC(C)(C)C)oc1C. The van der Waals surface area contributed by atoms with Gasteiger partial charge in [0, 0.05) is 6.54 Å². The normalized spacial score (nSPS) is 12.1. The highest BCUT2D eigenvalue weighted by Gasteiger charge is 2.09. The lowest BCUT2D eigenvalue weighted by Gasteiger charge is -2.19. The summed E-state index contributed by atoms with van der Waals surface area (Å²) >= 11 is 0. The van der Waals surface area contributed by atoms with E-state index in [1.54, 1.807) is 0 Å². The summed E-state index contributed by atoms with van der Waals surface area (Å²) in [5, 5.41) is 3.23. The van der Waals surface area contributed by atoms with Crippen molar-refractivity contribution in [2.45, 2.75) is 46.8 Å². The fourth-order valence-electron chi connectivity index (χ4n) is 1.24. The zero-order valence-corrected chi connectivity index (χ0v) is 10.9. The smallest absolute Gasteiger partial charge is 0.208 e. The average Bonchev–Trinajstić information content (AvgIpc) is 2.44. The fourth-order valence-corrected chi connectivity index (χ4v) is 1.24. The van der Waals surface area contributed by atoms with Gasteiger partial charge >= 0.3 is 0 Å². The number of hydrogen-bond donors (Lipinski definition) is 1. The van der Waals surface area contributed by atoms with E-state index < -0.39 is 0 Å². The second-order valence-corrected chi connectivity index (χ2v) is 4.89. The number of aryl methyl sites for hydroxylation is 2. The molecule has 0 radical (unpaired) electrons. The highest BCUT2D eigenvalue weighted by molar-refractivity contribution is 5.04. The Kier molecular flexibility index (Phi) is 4.50. The van der Waals surface area contributed by atoms with Crippen molar-refractivity contribution in [2.75, 3.05) is 13.2 Å². The van der Waals surface area contributed by atoms with E-state index in [1.165, 1.54) is 0 Å². The topological polar surface area (TPSA) is 47.3 Å². The molecule has 0 saturated carbocycles. The Balaban J connectivity index is 2.16. The molecular formula is C12H22N2O2. The number of oxazole rings is 1. The van der Waals surface area contributed by atoms with E-state index in [4.69, 9.17) is 9.15 Å². The fraction of sp³-hybridized carbons (Fsp3) is 0.750. The van der Waals surface area contributed by atoms with Crippen LogP contribution in [-0.2, 0) is 11.3 Å². The van der Waals surface area contributed by atoms with Crippen molar-refractivity contribution < 1.29 is 9.15 Å². The van der Waals surface area contributed by atoms with Crippen LogP contribution in [0.15, 0.2) is 4.42 Å². The molecule has 0 aromatic carbocycles. The maximum atomic E-state index is 5.58. The van der Waals surface area contributed by atoms with Gasteiger partial charge in [0.2, 0.25) is 5.89 Å². The quantitative estimate of drug-likeness (QED) is 0.782. The minimum absolute atomic E-state index is 0.0716. The van der Waals surface area contributed by atoms with Crippen LogP contribution in [0.5, 0.6) is 0 Å². The zero-order valence-electron chi connectivity index (χ0n) is 10.9. The van der Waals surface area contributed by atoms with Gasteiger partial charge in [-0.15, -0.1) is 0 Å². The van der Waals surface area contributed by atoms with Gasteiger partial charge in [-0.25, -0.2) is 4.98 Å². The van der Waals surface area contributed by atoms with Crippen LogP contribution in [-0.4, -0.2) is 23.7 Å². The number of ether oxygens (including phenoxy) is 1. The molecule has 4 heteroatoms. The van der Waals surface area contributed by atoms with Gasteiger partial charge in [-0.05, 0) is 34.6 Å².